The summed E-state index contributed by atoms with van der Waals surface area (Å²) in [5.41, 5.74) is 0.750. The van der Waals surface area contributed by atoms with E-state index in [4.69, 9.17) is 0 Å². The van der Waals surface area contributed by atoms with Crippen molar-refractivity contribution in [1.29, 1.82) is 0 Å². The lowest BCUT2D eigenvalue weighted by atomic mass is 10.1. The number of carbonyl (C=O) groups is 1. The monoisotopic (exact) mass is 486 g/mol. The van der Waals surface area contributed by atoms with Crippen molar-refractivity contribution in [3.63, 3.8) is 0 Å². The molecular formula is C16H16F6N6OS2. The molecule has 0 atom stereocenters. The van der Waals surface area contributed by atoms with Crippen LogP contribution in [0.1, 0.15) is 22.8 Å². The molecule has 0 saturated carbocycles. The third-order valence-electron chi connectivity index (χ3n) is 3.10. The van der Waals surface area contributed by atoms with E-state index in [1.165, 1.54) is 31.2 Å². The molecule has 0 amide bonds. The van der Waals surface area contributed by atoms with E-state index in [9.17, 15) is 31.1 Å². The lowest BCUT2D eigenvalue weighted by Gasteiger charge is -2.08. The summed E-state index contributed by atoms with van der Waals surface area (Å²) in [5.74, 6) is 0. The first-order valence-electron chi connectivity index (χ1n) is 8.14. The number of carbonyl (C=O) groups excluding carboxylic acids is 1. The summed E-state index contributed by atoms with van der Waals surface area (Å²) in [6.45, 7) is -1.38. The van der Waals surface area contributed by atoms with Crippen molar-refractivity contribution in [1.82, 2.24) is 10.6 Å². The second kappa shape index (κ2) is 11.7. The van der Waals surface area contributed by atoms with Crippen molar-refractivity contribution in [2.75, 3.05) is 13.1 Å². The molecule has 0 aromatic heterocycles. The average molecular weight is 486 g/mol. The Labute approximate surface area is 183 Å². The standard InChI is InChI=1S/C16H16F6N6OS2/c1-9(25-27-13(30)23-7-15(17,18)19)12(11-4-2-10(6-29)3-5-11)26-28-14(31)24-8-16(20,21)22/h2-6H,7-8H2,1H3,(H2,23,27,30)(H2,24,28,31)/b25-9+,26-12-. The fraction of sp³-hybridized carbons (Fsp3) is 0.312. The molecule has 0 spiro atoms. The van der Waals surface area contributed by atoms with E-state index < -0.39 is 35.8 Å². The van der Waals surface area contributed by atoms with Gasteiger partial charge in [-0.1, -0.05) is 24.3 Å². The fourth-order valence-electron chi connectivity index (χ4n) is 1.75. The Hall–Kier alpha value is -2.55. The van der Waals surface area contributed by atoms with Crippen molar-refractivity contribution in [2.45, 2.75) is 19.3 Å². The number of nitrogens with zero attached hydrogens (tertiary/aromatic N) is 4. The smallest absolute Gasteiger partial charge is 0.354 e. The van der Waals surface area contributed by atoms with Gasteiger partial charge in [-0.15, -0.1) is 40.6 Å². The molecule has 0 unspecified atom stereocenters. The molecule has 0 radical (unpaired) electrons. The molecule has 0 fully saturated rings. The number of rotatable bonds is 7. The fourth-order valence-corrected chi connectivity index (χ4v) is 2.00. The summed E-state index contributed by atoms with van der Waals surface area (Å²) in [6.07, 6.45) is -8.40. The van der Waals surface area contributed by atoms with Crippen LogP contribution >= 0.6 is 25.3 Å². The maximum absolute atomic E-state index is 12.3. The Balaban J connectivity index is 3.18. The second-order valence-electron chi connectivity index (χ2n) is 5.66. The van der Waals surface area contributed by atoms with Gasteiger partial charge in [-0.05, 0) is 6.92 Å². The van der Waals surface area contributed by atoms with Gasteiger partial charge < -0.3 is 10.6 Å². The molecule has 15 heteroatoms. The highest BCUT2D eigenvalue weighted by Gasteiger charge is 2.27. The van der Waals surface area contributed by atoms with Crippen LogP contribution in [0.15, 0.2) is 44.7 Å². The number of nitrogens with one attached hydrogen (secondary N) is 2. The molecule has 0 aliphatic rings. The van der Waals surface area contributed by atoms with Gasteiger partial charge in [-0.3, -0.25) is 4.79 Å². The lowest BCUT2D eigenvalue weighted by molar-refractivity contribution is -0.122. The molecule has 31 heavy (non-hydrogen) atoms. The SMILES string of the molecule is CC(=N\N=C(/S)NCC(F)(F)F)/C(=N/N=C(\S)NCC(F)(F)F)c1ccc(C=O)cc1. The summed E-state index contributed by atoms with van der Waals surface area (Å²) in [4.78, 5) is 10.8. The van der Waals surface area contributed by atoms with Gasteiger partial charge in [0, 0.05) is 11.1 Å². The number of hydrogen-bond acceptors (Lipinski definition) is 5. The molecule has 170 valence electrons. The molecule has 0 heterocycles. The molecule has 1 aromatic carbocycles. The predicted molar refractivity (Wildman–Crippen MR) is 112 cm³/mol. The van der Waals surface area contributed by atoms with Gasteiger partial charge in [0.2, 0.25) is 0 Å². The summed E-state index contributed by atoms with van der Waals surface area (Å²) < 4.78 is 73.4. The molecule has 0 aliphatic carbocycles. The zero-order chi connectivity index (χ0) is 23.7. The molecule has 1 aromatic rings. The topological polar surface area (TPSA) is 90.6 Å². The number of aldehydes is 1. The Kier molecular flexibility index (Phi) is 10.0. The maximum Gasteiger partial charge on any atom is 0.405 e. The molecule has 2 N–H and O–H groups in total. The summed E-state index contributed by atoms with van der Waals surface area (Å²) in [6, 6.07) is 5.81. The van der Waals surface area contributed by atoms with Gasteiger partial charge in [-0.2, -0.15) is 31.4 Å². The molecule has 7 nitrogen and oxygen atoms in total. The van der Waals surface area contributed by atoms with Crippen LogP contribution in [0.25, 0.3) is 0 Å². The minimum Gasteiger partial charge on any atom is -0.354 e. The first-order chi connectivity index (χ1) is 14.3. The quantitative estimate of drug-likeness (QED) is 0.119. The van der Waals surface area contributed by atoms with Crippen molar-refractivity contribution in [2.24, 2.45) is 20.4 Å². The number of halogens is 6. The van der Waals surface area contributed by atoms with Crippen LogP contribution in [-0.4, -0.2) is 53.5 Å². The normalized spacial score (nSPS) is 14.5. The largest absolute Gasteiger partial charge is 0.405 e. The Bertz CT molecular complexity index is 878. The highest BCUT2D eigenvalue weighted by atomic mass is 32.1. The van der Waals surface area contributed by atoms with Crippen LogP contribution in [0.5, 0.6) is 0 Å². The highest BCUT2D eigenvalue weighted by Crippen LogP contribution is 2.13. The molecule has 1 rings (SSSR count). The predicted octanol–water partition coefficient (Wildman–Crippen LogP) is 3.45. The molecule has 0 bridgehead atoms. The highest BCUT2D eigenvalue weighted by molar-refractivity contribution is 7.97. The zero-order valence-electron chi connectivity index (χ0n) is 15.7. The van der Waals surface area contributed by atoms with Crippen LogP contribution in [0.2, 0.25) is 0 Å². The average Bonchev–Trinajstić information content (AvgIpc) is 2.68. The number of benzene rings is 1. The van der Waals surface area contributed by atoms with Crippen LogP contribution in [0, 0.1) is 0 Å². The molecule has 0 aliphatic heterocycles. The Morgan fingerprint density at radius 2 is 1.32 bits per heavy atom. The number of thiol groups is 2. The number of alkyl halides is 6. The van der Waals surface area contributed by atoms with Crippen molar-refractivity contribution in [3.05, 3.63) is 35.4 Å². The molecule has 0 saturated heterocycles. The van der Waals surface area contributed by atoms with E-state index >= 15 is 0 Å². The van der Waals surface area contributed by atoms with Gasteiger partial charge >= 0.3 is 12.4 Å². The summed E-state index contributed by atoms with van der Waals surface area (Å²) >= 11 is 7.49. The van der Waals surface area contributed by atoms with E-state index in [2.05, 4.69) is 45.7 Å². The van der Waals surface area contributed by atoms with E-state index in [1.807, 2.05) is 10.6 Å². The zero-order valence-corrected chi connectivity index (χ0v) is 17.4. The van der Waals surface area contributed by atoms with Gasteiger partial charge in [-0.25, -0.2) is 0 Å². The summed E-state index contributed by atoms with van der Waals surface area (Å²) in [7, 11) is 0. The van der Waals surface area contributed by atoms with Gasteiger partial charge in [0.05, 0.1) is 5.71 Å². The minimum absolute atomic E-state index is 0.0125. The molecular weight excluding hydrogens is 470 g/mol. The van der Waals surface area contributed by atoms with Crippen molar-refractivity contribution < 1.29 is 31.1 Å². The van der Waals surface area contributed by atoms with Crippen LogP contribution in [0.3, 0.4) is 0 Å². The third-order valence-corrected chi connectivity index (χ3v) is 3.59. The number of hydrogen-bond donors (Lipinski definition) is 4. The van der Waals surface area contributed by atoms with E-state index in [0.29, 0.717) is 17.4 Å². The first kappa shape index (κ1) is 26.5. The van der Waals surface area contributed by atoms with Crippen LogP contribution in [0.4, 0.5) is 26.3 Å². The second-order valence-corrected chi connectivity index (χ2v) is 6.51. The van der Waals surface area contributed by atoms with Crippen molar-refractivity contribution in [3.8, 4) is 0 Å². The van der Waals surface area contributed by atoms with Gasteiger partial charge in [0.15, 0.2) is 10.3 Å². The van der Waals surface area contributed by atoms with E-state index in [-0.39, 0.29) is 11.4 Å². The van der Waals surface area contributed by atoms with Gasteiger partial charge in [0.1, 0.15) is 25.1 Å². The van der Waals surface area contributed by atoms with Gasteiger partial charge in [0.25, 0.3) is 0 Å². The maximum atomic E-state index is 12.3. The third kappa shape index (κ3) is 11.4. The van der Waals surface area contributed by atoms with E-state index in [0.717, 1.165) is 0 Å². The lowest BCUT2D eigenvalue weighted by Crippen LogP contribution is -2.31. The Morgan fingerprint density at radius 3 is 1.74 bits per heavy atom. The van der Waals surface area contributed by atoms with E-state index in [1.54, 1.807) is 0 Å². The van der Waals surface area contributed by atoms with Crippen molar-refractivity contribution >= 4 is 53.3 Å². The van der Waals surface area contributed by atoms with Crippen LogP contribution in [-0.2, 0) is 0 Å². The minimum atomic E-state index is -4.50. The van der Waals surface area contributed by atoms with Crippen LogP contribution < -0.4 is 10.6 Å². The first-order valence-corrected chi connectivity index (χ1v) is 9.03. The Morgan fingerprint density at radius 1 is 0.871 bits per heavy atom. The summed E-state index contributed by atoms with van der Waals surface area (Å²) in [5, 5.41) is 17.5. The number of amidine groups is 2.